The van der Waals surface area contributed by atoms with Crippen molar-refractivity contribution in [3.8, 4) is 6.07 Å². The molecular weight excluding hydrogens is 222 g/mol. The smallest absolute Gasteiger partial charge is 0.251 e. The van der Waals surface area contributed by atoms with Crippen LogP contribution in [0.15, 0.2) is 0 Å². The average molecular weight is 244 g/mol. The molecule has 0 aromatic heterocycles. The van der Waals surface area contributed by atoms with Crippen molar-refractivity contribution in [2.24, 2.45) is 11.8 Å². The van der Waals surface area contributed by atoms with Crippen LogP contribution in [-0.2, 0) is 0 Å². The molecule has 4 heteroatoms. The SMILES string of the molecule is CCCC1CCC(C#N)C(N(C)CC(F)F)C1. The van der Waals surface area contributed by atoms with E-state index in [-0.39, 0.29) is 18.5 Å². The summed E-state index contributed by atoms with van der Waals surface area (Å²) in [5.74, 6) is 0.529. The minimum absolute atomic E-state index is 0.0132. The van der Waals surface area contributed by atoms with Crippen LogP contribution in [0.4, 0.5) is 8.78 Å². The lowest BCUT2D eigenvalue weighted by atomic mass is 9.76. The van der Waals surface area contributed by atoms with E-state index < -0.39 is 6.43 Å². The first kappa shape index (κ1) is 14.4. The molecule has 0 aromatic rings. The van der Waals surface area contributed by atoms with Crippen molar-refractivity contribution >= 4 is 0 Å². The molecule has 0 spiro atoms. The summed E-state index contributed by atoms with van der Waals surface area (Å²) < 4.78 is 24.8. The number of halogens is 2. The molecule has 0 bridgehead atoms. The summed E-state index contributed by atoms with van der Waals surface area (Å²) in [5, 5.41) is 9.10. The zero-order valence-electron chi connectivity index (χ0n) is 10.7. The standard InChI is InChI=1S/C13H22F2N2/c1-3-4-10-5-6-11(8-16)12(7-10)17(2)9-13(14)15/h10-13H,3-7,9H2,1-2H3. The third kappa shape index (κ3) is 4.23. The summed E-state index contributed by atoms with van der Waals surface area (Å²) in [6.07, 6.45) is 2.80. The van der Waals surface area contributed by atoms with Gasteiger partial charge in [0, 0.05) is 6.04 Å². The monoisotopic (exact) mass is 244 g/mol. The van der Waals surface area contributed by atoms with E-state index in [1.165, 1.54) is 0 Å². The fraction of sp³-hybridized carbons (Fsp3) is 0.923. The third-order valence-electron chi connectivity index (χ3n) is 3.78. The van der Waals surface area contributed by atoms with Gasteiger partial charge in [0.1, 0.15) is 0 Å². The molecule has 0 radical (unpaired) electrons. The molecule has 2 nitrogen and oxygen atoms in total. The molecular formula is C13H22F2N2. The minimum Gasteiger partial charge on any atom is -0.297 e. The summed E-state index contributed by atoms with van der Waals surface area (Å²) in [7, 11) is 1.72. The third-order valence-corrected chi connectivity index (χ3v) is 3.78. The van der Waals surface area contributed by atoms with Crippen LogP contribution in [0, 0.1) is 23.2 Å². The van der Waals surface area contributed by atoms with Crippen molar-refractivity contribution in [3.63, 3.8) is 0 Å². The molecule has 3 unspecified atom stereocenters. The second kappa shape index (κ2) is 6.90. The molecule has 0 amide bonds. The Morgan fingerprint density at radius 1 is 1.41 bits per heavy atom. The van der Waals surface area contributed by atoms with Gasteiger partial charge < -0.3 is 0 Å². The normalized spacial score (nSPS) is 29.6. The molecule has 0 N–H and O–H groups in total. The van der Waals surface area contributed by atoms with Crippen molar-refractivity contribution in [1.82, 2.24) is 4.90 Å². The van der Waals surface area contributed by atoms with Gasteiger partial charge in [-0.2, -0.15) is 5.26 Å². The van der Waals surface area contributed by atoms with Crippen LogP contribution in [0.1, 0.15) is 39.0 Å². The first-order valence-electron chi connectivity index (χ1n) is 6.46. The highest BCUT2D eigenvalue weighted by atomic mass is 19.3. The Bertz CT molecular complexity index is 263. The predicted octanol–water partition coefficient (Wildman–Crippen LogP) is 3.29. The van der Waals surface area contributed by atoms with E-state index in [0.717, 1.165) is 32.1 Å². The molecule has 98 valence electrons. The highest BCUT2D eigenvalue weighted by Crippen LogP contribution is 2.34. The van der Waals surface area contributed by atoms with E-state index in [0.29, 0.717) is 5.92 Å². The number of nitriles is 1. The van der Waals surface area contributed by atoms with E-state index >= 15 is 0 Å². The van der Waals surface area contributed by atoms with Gasteiger partial charge in [-0.25, -0.2) is 8.78 Å². The number of hydrogen-bond donors (Lipinski definition) is 0. The van der Waals surface area contributed by atoms with Gasteiger partial charge in [-0.3, -0.25) is 4.90 Å². The zero-order chi connectivity index (χ0) is 12.8. The van der Waals surface area contributed by atoms with Crippen molar-refractivity contribution in [2.45, 2.75) is 51.5 Å². The number of hydrogen-bond acceptors (Lipinski definition) is 2. The van der Waals surface area contributed by atoms with Crippen molar-refractivity contribution < 1.29 is 8.78 Å². The topological polar surface area (TPSA) is 27.0 Å². The molecule has 0 heterocycles. The molecule has 3 atom stereocenters. The fourth-order valence-corrected chi connectivity index (χ4v) is 2.89. The van der Waals surface area contributed by atoms with Crippen LogP contribution in [-0.4, -0.2) is 31.0 Å². The van der Waals surface area contributed by atoms with Crippen LogP contribution in [0.2, 0.25) is 0 Å². The summed E-state index contributed by atoms with van der Waals surface area (Å²) in [6.45, 7) is 1.93. The average Bonchev–Trinajstić information content (AvgIpc) is 2.28. The maximum absolute atomic E-state index is 12.4. The van der Waals surface area contributed by atoms with Crippen LogP contribution in [0.25, 0.3) is 0 Å². The molecule has 1 fully saturated rings. The first-order valence-corrected chi connectivity index (χ1v) is 6.46. The molecule has 17 heavy (non-hydrogen) atoms. The van der Waals surface area contributed by atoms with Gasteiger partial charge in [0.2, 0.25) is 0 Å². The molecule has 1 rings (SSSR count). The van der Waals surface area contributed by atoms with E-state index in [9.17, 15) is 8.78 Å². The highest BCUT2D eigenvalue weighted by Gasteiger charge is 2.33. The minimum atomic E-state index is -2.31. The highest BCUT2D eigenvalue weighted by molar-refractivity contribution is 4.97. The quantitative estimate of drug-likeness (QED) is 0.742. The van der Waals surface area contributed by atoms with Gasteiger partial charge in [-0.05, 0) is 32.2 Å². The van der Waals surface area contributed by atoms with E-state index in [1.54, 1.807) is 11.9 Å². The lowest BCUT2D eigenvalue weighted by Gasteiger charge is -2.38. The zero-order valence-corrected chi connectivity index (χ0v) is 10.7. The Kier molecular flexibility index (Phi) is 5.84. The Balaban J connectivity index is 2.59. The van der Waals surface area contributed by atoms with Crippen molar-refractivity contribution in [3.05, 3.63) is 0 Å². The second-order valence-electron chi connectivity index (χ2n) is 5.10. The van der Waals surface area contributed by atoms with Crippen LogP contribution in [0.3, 0.4) is 0 Å². The molecule has 0 saturated heterocycles. The molecule has 1 aliphatic carbocycles. The van der Waals surface area contributed by atoms with E-state index in [1.807, 2.05) is 0 Å². The Morgan fingerprint density at radius 3 is 2.65 bits per heavy atom. The van der Waals surface area contributed by atoms with Gasteiger partial charge in [-0.1, -0.05) is 19.8 Å². The van der Waals surface area contributed by atoms with Crippen LogP contribution in [0.5, 0.6) is 0 Å². The lowest BCUT2D eigenvalue weighted by molar-refractivity contribution is 0.0490. The number of nitrogens with zero attached hydrogens (tertiary/aromatic N) is 2. The van der Waals surface area contributed by atoms with Gasteiger partial charge in [0.05, 0.1) is 18.5 Å². The van der Waals surface area contributed by atoms with Gasteiger partial charge in [-0.15, -0.1) is 0 Å². The summed E-state index contributed by atoms with van der Waals surface area (Å²) in [4.78, 5) is 1.68. The summed E-state index contributed by atoms with van der Waals surface area (Å²) in [5.41, 5.74) is 0. The van der Waals surface area contributed by atoms with E-state index in [2.05, 4.69) is 13.0 Å². The van der Waals surface area contributed by atoms with Crippen LogP contribution >= 0.6 is 0 Å². The molecule has 1 saturated carbocycles. The summed E-state index contributed by atoms with van der Waals surface area (Å²) in [6, 6.07) is 2.30. The molecule has 1 aliphatic rings. The first-order chi connectivity index (χ1) is 8.08. The molecule has 0 aliphatic heterocycles. The Labute approximate surface area is 103 Å². The lowest BCUT2D eigenvalue weighted by Crippen LogP contribution is -2.43. The van der Waals surface area contributed by atoms with E-state index in [4.69, 9.17) is 5.26 Å². The van der Waals surface area contributed by atoms with Gasteiger partial charge in [0.25, 0.3) is 6.43 Å². The largest absolute Gasteiger partial charge is 0.297 e. The number of rotatable bonds is 5. The Hall–Kier alpha value is -0.690. The second-order valence-corrected chi connectivity index (χ2v) is 5.10. The fourth-order valence-electron chi connectivity index (χ4n) is 2.89. The van der Waals surface area contributed by atoms with Gasteiger partial charge >= 0.3 is 0 Å². The molecule has 0 aromatic carbocycles. The maximum Gasteiger partial charge on any atom is 0.251 e. The van der Waals surface area contributed by atoms with Gasteiger partial charge in [0.15, 0.2) is 0 Å². The Morgan fingerprint density at radius 2 is 2.12 bits per heavy atom. The van der Waals surface area contributed by atoms with Crippen molar-refractivity contribution in [2.75, 3.05) is 13.6 Å². The maximum atomic E-state index is 12.4. The number of alkyl halides is 2. The van der Waals surface area contributed by atoms with Crippen LogP contribution < -0.4 is 0 Å². The predicted molar refractivity (Wildman–Crippen MR) is 63.8 cm³/mol. The summed E-state index contributed by atoms with van der Waals surface area (Å²) >= 11 is 0. The van der Waals surface area contributed by atoms with Crippen molar-refractivity contribution in [1.29, 1.82) is 5.26 Å².